The molecule has 5 heteroatoms. The second kappa shape index (κ2) is 6.72. The molecule has 3 aromatic carbocycles. The number of nitrogens with zero attached hydrogens (tertiary/aromatic N) is 1. The molecule has 0 atom stereocenters. The topological polar surface area (TPSA) is 64.4 Å². The van der Waals surface area contributed by atoms with Crippen LogP contribution in [0.2, 0.25) is 0 Å². The number of carbonyl (C=O) groups is 1. The highest BCUT2D eigenvalue weighted by molar-refractivity contribution is 6.04. The number of aromatic nitrogens is 1. The number of fused-ring (bicyclic) bond motifs is 1. The van der Waals surface area contributed by atoms with Gasteiger partial charge >= 0.3 is 0 Å². The number of methoxy groups -OCH3 is 1. The number of carbonyl (C=O) groups excluding carboxylic acids is 1. The Morgan fingerprint density at radius 1 is 0.962 bits per heavy atom. The number of anilines is 1. The quantitative estimate of drug-likeness (QED) is 0.580. The lowest BCUT2D eigenvalue weighted by atomic mass is 10.1. The molecule has 0 aliphatic rings. The van der Waals surface area contributed by atoms with E-state index in [2.05, 4.69) is 10.3 Å². The van der Waals surface area contributed by atoms with Crippen LogP contribution in [-0.4, -0.2) is 18.0 Å². The third-order valence-corrected chi connectivity index (χ3v) is 4.04. The summed E-state index contributed by atoms with van der Waals surface area (Å²) < 4.78 is 10.9. The Kier molecular flexibility index (Phi) is 4.11. The minimum atomic E-state index is -0.178. The van der Waals surface area contributed by atoms with Gasteiger partial charge in [-0.2, -0.15) is 0 Å². The molecule has 1 N–H and O–H groups in total. The van der Waals surface area contributed by atoms with Crippen LogP contribution in [0.5, 0.6) is 5.75 Å². The maximum Gasteiger partial charge on any atom is 0.255 e. The first-order valence-corrected chi connectivity index (χ1v) is 8.14. The fourth-order valence-corrected chi connectivity index (χ4v) is 2.64. The summed E-state index contributed by atoms with van der Waals surface area (Å²) in [6.45, 7) is 0. The summed E-state index contributed by atoms with van der Waals surface area (Å²) in [4.78, 5) is 16.8. The fraction of sp³-hybridized carbons (Fsp3) is 0.0476. The smallest absolute Gasteiger partial charge is 0.255 e. The van der Waals surface area contributed by atoms with Crippen molar-refractivity contribution in [2.75, 3.05) is 12.4 Å². The first kappa shape index (κ1) is 15.9. The van der Waals surface area contributed by atoms with E-state index in [0.717, 1.165) is 16.7 Å². The average molecular weight is 344 g/mol. The highest BCUT2D eigenvalue weighted by Crippen LogP contribution is 2.25. The van der Waals surface area contributed by atoms with Crippen LogP contribution in [0.1, 0.15) is 10.4 Å². The predicted molar refractivity (Wildman–Crippen MR) is 100 cm³/mol. The van der Waals surface area contributed by atoms with Gasteiger partial charge < -0.3 is 14.5 Å². The van der Waals surface area contributed by atoms with Crippen molar-refractivity contribution in [2.45, 2.75) is 0 Å². The summed E-state index contributed by atoms with van der Waals surface area (Å²) >= 11 is 0. The molecule has 1 aromatic heterocycles. The van der Waals surface area contributed by atoms with Crippen molar-refractivity contribution < 1.29 is 13.9 Å². The van der Waals surface area contributed by atoms with Crippen molar-refractivity contribution in [3.63, 3.8) is 0 Å². The Morgan fingerprint density at radius 2 is 1.69 bits per heavy atom. The van der Waals surface area contributed by atoms with Crippen LogP contribution in [0, 0.1) is 0 Å². The molecule has 0 bridgehead atoms. The maximum atomic E-state index is 12.3. The van der Waals surface area contributed by atoms with Crippen LogP contribution < -0.4 is 10.1 Å². The van der Waals surface area contributed by atoms with Crippen molar-refractivity contribution >= 4 is 22.7 Å². The van der Waals surface area contributed by atoms with E-state index in [9.17, 15) is 4.79 Å². The molecule has 0 aliphatic carbocycles. The number of hydrogen-bond acceptors (Lipinski definition) is 4. The van der Waals surface area contributed by atoms with Gasteiger partial charge in [-0.1, -0.05) is 12.1 Å². The molecule has 0 aliphatic heterocycles. The maximum absolute atomic E-state index is 12.3. The van der Waals surface area contributed by atoms with Gasteiger partial charge in [-0.25, -0.2) is 4.98 Å². The molecule has 0 saturated heterocycles. The van der Waals surface area contributed by atoms with E-state index in [0.29, 0.717) is 22.9 Å². The molecule has 0 fully saturated rings. The number of hydrogen-bond donors (Lipinski definition) is 1. The van der Waals surface area contributed by atoms with E-state index in [1.165, 1.54) is 0 Å². The molecule has 1 heterocycles. The number of benzene rings is 3. The van der Waals surface area contributed by atoms with Crippen molar-refractivity contribution in [1.29, 1.82) is 0 Å². The largest absolute Gasteiger partial charge is 0.497 e. The molecule has 4 aromatic rings. The lowest BCUT2D eigenvalue weighted by molar-refractivity contribution is 0.102. The second-order valence-corrected chi connectivity index (χ2v) is 5.75. The summed E-state index contributed by atoms with van der Waals surface area (Å²) in [6, 6.07) is 22.0. The van der Waals surface area contributed by atoms with Gasteiger partial charge in [0.25, 0.3) is 5.91 Å². The standard InChI is InChI=1S/C21H16N2O3/c1-25-17-12-8-14(9-13-17)20(24)22-16-10-6-15(7-11-16)21-23-18-4-2-3-5-19(18)26-21/h2-13H,1H3,(H,22,24). The summed E-state index contributed by atoms with van der Waals surface area (Å²) in [6.07, 6.45) is 0. The van der Waals surface area contributed by atoms with E-state index in [1.54, 1.807) is 31.4 Å². The molecular formula is C21H16N2O3. The highest BCUT2D eigenvalue weighted by Gasteiger charge is 2.09. The summed E-state index contributed by atoms with van der Waals surface area (Å²) in [5, 5.41) is 2.87. The number of rotatable bonds is 4. The van der Waals surface area contributed by atoms with Gasteiger partial charge in [0.15, 0.2) is 5.58 Å². The van der Waals surface area contributed by atoms with Gasteiger partial charge in [0.1, 0.15) is 11.3 Å². The number of nitrogens with one attached hydrogen (secondary N) is 1. The number of para-hydroxylation sites is 2. The van der Waals surface area contributed by atoms with Crippen LogP contribution in [-0.2, 0) is 0 Å². The van der Waals surface area contributed by atoms with E-state index in [4.69, 9.17) is 9.15 Å². The lowest BCUT2D eigenvalue weighted by Gasteiger charge is -2.06. The lowest BCUT2D eigenvalue weighted by Crippen LogP contribution is -2.11. The van der Waals surface area contributed by atoms with E-state index >= 15 is 0 Å². The van der Waals surface area contributed by atoms with Crippen LogP contribution >= 0.6 is 0 Å². The Bertz CT molecular complexity index is 1020. The van der Waals surface area contributed by atoms with Crippen molar-refractivity contribution in [2.24, 2.45) is 0 Å². The van der Waals surface area contributed by atoms with E-state index in [1.807, 2.05) is 48.5 Å². The minimum Gasteiger partial charge on any atom is -0.497 e. The van der Waals surface area contributed by atoms with Gasteiger partial charge in [0.2, 0.25) is 5.89 Å². The summed E-state index contributed by atoms with van der Waals surface area (Å²) in [5.41, 5.74) is 3.68. The van der Waals surface area contributed by atoms with Gasteiger partial charge in [-0.05, 0) is 60.7 Å². The van der Waals surface area contributed by atoms with Crippen LogP contribution in [0.25, 0.3) is 22.6 Å². The van der Waals surface area contributed by atoms with Crippen molar-refractivity contribution in [3.05, 3.63) is 78.4 Å². The van der Waals surface area contributed by atoms with Crippen LogP contribution in [0.3, 0.4) is 0 Å². The molecule has 0 radical (unpaired) electrons. The van der Waals surface area contributed by atoms with Crippen LogP contribution in [0.15, 0.2) is 77.2 Å². The molecule has 1 amide bonds. The third kappa shape index (κ3) is 3.15. The van der Waals surface area contributed by atoms with Gasteiger partial charge in [0.05, 0.1) is 7.11 Å². The number of amides is 1. The predicted octanol–water partition coefficient (Wildman–Crippen LogP) is 4.76. The number of oxazole rings is 1. The molecule has 128 valence electrons. The highest BCUT2D eigenvalue weighted by atomic mass is 16.5. The minimum absolute atomic E-state index is 0.178. The summed E-state index contributed by atoms with van der Waals surface area (Å²) in [5.74, 6) is 1.09. The van der Waals surface area contributed by atoms with Crippen molar-refractivity contribution in [3.8, 4) is 17.2 Å². The van der Waals surface area contributed by atoms with Crippen LogP contribution in [0.4, 0.5) is 5.69 Å². The first-order valence-electron chi connectivity index (χ1n) is 8.14. The first-order chi connectivity index (χ1) is 12.7. The average Bonchev–Trinajstić information content (AvgIpc) is 3.13. The van der Waals surface area contributed by atoms with E-state index < -0.39 is 0 Å². The fourth-order valence-electron chi connectivity index (χ4n) is 2.64. The SMILES string of the molecule is COc1ccc(C(=O)Nc2ccc(-c3nc4ccccc4o3)cc2)cc1. The van der Waals surface area contributed by atoms with Crippen molar-refractivity contribution in [1.82, 2.24) is 4.98 Å². The Balaban J connectivity index is 1.50. The summed E-state index contributed by atoms with van der Waals surface area (Å²) in [7, 11) is 1.59. The Hall–Kier alpha value is -3.60. The molecule has 0 saturated carbocycles. The Morgan fingerprint density at radius 3 is 2.38 bits per heavy atom. The molecule has 5 nitrogen and oxygen atoms in total. The molecule has 4 rings (SSSR count). The normalized spacial score (nSPS) is 10.7. The van der Waals surface area contributed by atoms with Gasteiger partial charge in [-0.15, -0.1) is 0 Å². The van der Waals surface area contributed by atoms with Gasteiger partial charge in [0, 0.05) is 16.8 Å². The Labute approximate surface area is 150 Å². The zero-order valence-corrected chi connectivity index (χ0v) is 14.1. The monoisotopic (exact) mass is 344 g/mol. The molecule has 26 heavy (non-hydrogen) atoms. The molecule has 0 spiro atoms. The molecular weight excluding hydrogens is 328 g/mol. The molecule has 0 unspecified atom stereocenters. The zero-order valence-electron chi connectivity index (χ0n) is 14.1. The second-order valence-electron chi connectivity index (χ2n) is 5.75. The van der Waals surface area contributed by atoms with E-state index in [-0.39, 0.29) is 5.91 Å². The third-order valence-electron chi connectivity index (χ3n) is 4.04. The van der Waals surface area contributed by atoms with Gasteiger partial charge in [-0.3, -0.25) is 4.79 Å². The zero-order chi connectivity index (χ0) is 17.9. The number of ether oxygens (including phenoxy) is 1.